The molecule has 3 heteroatoms. The van der Waals surface area contributed by atoms with Crippen molar-refractivity contribution in [1.29, 1.82) is 0 Å². The van der Waals surface area contributed by atoms with Crippen LogP contribution in [-0.2, 0) is 13.0 Å². The molecule has 0 atom stereocenters. The summed E-state index contributed by atoms with van der Waals surface area (Å²) in [6.45, 7) is 5.43. The molecule has 3 rings (SSSR count). The topological polar surface area (TPSA) is 30.5 Å². The van der Waals surface area contributed by atoms with Crippen LogP contribution in [0.3, 0.4) is 0 Å². The highest BCUT2D eigenvalue weighted by atomic mass is 16.5. The molecule has 0 fully saturated rings. The molecule has 1 N–H and O–H groups in total. The highest BCUT2D eigenvalue weighted by molar-refractivity contribution is 5.49. The lowest BCUT2D eigenvalue weighted by Gasteiger charge is -2.14. The summed E-state index contributed by atoms with van der Waals surface area (Å²) in [5.41, 5.74) is 3.46. The monoisotopic (exact) mass is 361 g/mol. The van der Waals surface area contributed by atoms with Crippen LogP contribution in [0, 0.1) is 0 Å². The van der Waals surface area contributed by atoms with E-state index in [2.05, 4.69) is 35.6 Å². The van der Waals surface area contributed by atoms with Crippen LogP contribution in [0.15, 0.2) is 78.9 Å². The average Bonchev–Trinajstić information content (AvgIpc) is 2.68. The first-order chi connectivity index (χ1) is 13.2. The van der Waals surface area contributed by atoms with Gasteiger partial charge in [0.15, 0.2) is 0 Å². The maximum absolute atomic E-state index is 6.04. The zero-order valence-electron chi connectivity index (χ0n) is 16.0. The lowest BCUT2D eigenvalue weighted by Crippen LogP contribution is -2.07. The fourth-order valence-corrected chi connectivity index (χ4v) is 2.86. The predicted molar refractivity (Wildman–Crippen MR) is 112 cm³/mol. The normalized spacial score (nSPS) is 10.6. The van der Waals surface area contributed by atoms with Crippen LogP contribution in [0.4, 0.5) is 5.69 Å². The van der Waals surface area contributed by atoms with E-state index >= 15 is 0 Å². The molecule has 0 heterocycles. The van der Waals surface area contributed by atoms with E-state index in [4.69, 9.17) is 9.47 Å². The minimum absolute atomic E-state index is 0.166. The van der Waals surface area contributed by atoms with E-state index in [0.29, 0.717) is 13.2 Å². The SMILES string of the molecule is CC(C)Oc1cccc(NCc2ccccc2OCCc2ccccc2)c1. The zero-order chi connectivity index (χ0) is 18.9. The van der Waals surface area contributed by atoms with Crippen molar-refractivity contribution >= 4 is 5.69 Å². The first-order valence-corrected chi connectivity index (χ1v) is 9.46. The largest absolute Gasteiger partial charge is 0.493 e. The number of benzene rings is 3. The van der Waals surface area contributed by atoms with E-state index in [1.807, 2.05) is 62.4 Å². The summed E-state index contributed by atoms with van der Waals surface area (Å²) in [4.78, 5) is 0. The maximum Gasteiger partial charge on any atom is 0.124 e. The van der Waals surface area contributed by atoms with Gasteiger partial charge in [0.25, 0.3) is 0 Å². The summed E-state index contributed by atoms with van der Waals surface area (Å²) < 4.78 is 11.8. The summed E-state index contributed by atoms with van der Waals surface area (Å²) in [5, 5.41) is 3.46. The van der Waals surface area contributed by atoms with Gasteiger partial charge < -0.3 is 14.8 Å². The van der Waals surface area contributed by atoms with E-state index < -0.39 is 0 Å². The van der Waals surface area contributed by atoms with Crippen molar-refractivity contribution in [2.24, 2.45) is 0 Å². The van der Waals surface area contributed by atoms with Crippen molar-refractivity contribution in [3.63, 3.8) is 0 Å². The Morgan fingerprint density at radius 1 is 0.852 bits per heavy atom. The van der Waals surface area contributed by atoms with Crippen LogP contribution < -0.4 is 14.8 Å². The minimum Gasteiger partial charge on any atom is -0.493 e. The minimum atomic E-state index is 0.166. The van der Waals surface area contributed by atoms with Gasteiger partial charge in [-0.15, -0.1) is 0 Å². The van der Waals surface area contributed by atoms with E-state index in [1.165, 1.54) is 5.56 Å². The number of hydrogen-bond acceptors (Lipinski definition) is 3. The molecule has 0 saturated heterocycles. The standard InChI is InChI=1S/C24H27NO2/c1-19(2)27-23-13-8-12-22(17-23)25-18-21-11-6-7-14-24(21)26-16-15-20-9-4-3-5-10-20/h3-14,17,19,25H,15-16,18H2,1-2H3. The molecule has 0 saturated carbocycles. The molecule has 0 aliphatic carbocycles. The van der Waals surface area contributed by atoms with Gasteiger partial charge in [0, 0.05) is 30.3 Å². The second kappa shape index (κ2) is 9.67. The van der Waals surface area contributed by atoms with Crippen LogP contribution in [0.2, 0.25) is 0 Å². The molecule has 0 aliphatic heterocycles. The fraction of sp³-hybridized carbons (Fsp3) is 0.250. The zero-order valence-corrected chi connectivity index (χ0v) is 16.0. The molecule has 27 heavy (non-hydrogen) atoms. The molecule has 0 amide bonds. The van der Waals surface area contributed by atoms with Crippen LogP contribution in [-0.4, -0.2) is 12.7 Å². The summed E-state index contributed by atoms with van der Waals surface area (Å²) in [6.07, 6.45) is 1.07. The second-order valence-corrected chi connectivity index (χ2v) is 6.74. The Kier molecular flexibility index (Phi) is 6.75. The van der Waals surface area contributed by atoms with Gasteiger partial charge in [-0.3, -0.25) is 0 Å². The molecule has 140 valence electrons. The molecule has 0 aromatic heterocycles. The van der Waals surface area contributed by atoms with Gasteiger partial charge in [0.2, 0.25) is 0 Å². The molecule has 3 aromatic carbocycles. The van der Waals surface area contributed by atoms with Gasteiger partial charge in [-0.2, -0.15) is 0 Å². The van der Waals surface area contributed by atoms with Crippen LogP contribution in [0.5, 0.6) is 11.5 Å². The van der Waals surface area contributed by atoms with E-state index in [9.17, 15) is 0 Å². The molecule has 0 spiro atoms. The molecule has 0 radical (unpaired) electrons. The summed E-state index contributed by atoms with van der Waals surface area (Å²) in [7, 11) is 0. The van der Waals surface area contributed by atoms with Gasteiger partial charge in [-0.1, -0.05) is 54.6 Å². The highest BCUT2D eigenvalue weighted by Crippen LogP contribution is 2.22. The first kappa shape index (κ1) is 18.8. The number of rotatable bonds is 9. The van der Waals surface area contributed by atoms with Crippen molar-refractivity contribution in [2.75, 3.05) is 11.9 Å². The van der Waals surface area contributed by atoms with Gasteiger partial charge >= 0.3 is 0 Å². The van der Waals surface area contributed by atoms with Crippen molar-refractivity contribution < 1.29 is 9.47 Å². The van der Waals surface area contributed by atoms with Gasteiger partial charge in [0.05, 0.1) is 12.7 Å². The predicted octanol–water partition coefficient (Wildman–Crippen LogP) is 5.71. The molecule has 0 bridgehead atoms. The second-order valence-electron chi connectivity index (χ2n) is 6.74. The molecule has 3 nitrogen and oxygen atoms in total. The van der Waals surface area contributed by atoms with Crippen molar-refractivity contribution in [2.45, 2.75) is 32.9 Å². The van der Waals surface area contributed by atoms with E-state index in [-0.39, 0.29) is 6.10 Å². The Morgan fingerprint density at radius 2 is 1.63 bits per heavy atom. The molecular formula is C24H27NO2. The number of para-hydroxylation sites is 1. The molecule has 0 aliphatic rings. The van der Waals surface area contributed by atoms with Crippen LogP contribution in [0.1, 0.15) is 25.0 Å². The first-order valence-electron chi connectivity index (χ1n) is 9.46. The Hall–Kier alpha value is -2.94. The number of hydrogen-bond donors (Lipinski definition) is 1. The third-order valence-electron chi connectivity index (χ3n) is 4.15. The Labute approximate surface area is 162 Å². The fourth-order valence-electron chi connectivity index (χ4n) is 2.86. The van der Waals surface area contributed by atoms with Gasteiger partial charge in [-0.05, 0) is 37.6 Å². The quantitative estimate of drug-likeness (QED) is 0.530. The third kappa shape index (κ3) is 6.07. The van der Waals surface area contributed by atoms with E-state index in [0.717, 1.165) is 29.2 Å². The average molecular weight is 361 g/mol. The summed E-state index contributed by atoms with van der Waals surface area (Å²) in [6, 6.07) is 26.6. The molecule has 0 unspecified atom stereocenters. The maximum atomic E-state index is 6.04. The van der Waals surface area contributed by atoms with Crippen LogP contribution in [0.25, 0.3) is 0 Å². The lowest BCUT2D eigenvalue weighted by atomic mass is 10.1. The molecular weight excluding hydrogens is 334 g/mol. The van der Waals surface area contributed by atoms with Crippen molar-refractivity contribution in [3.8, 4) is 11.5 Å². The third-order valence-corrected chi connectivity index (χ3v) is 4.15. The highest BCUT2D eigenvalue weighted by Gasteiger charge is 2.05. The summed E-state index contributed by atoms with van der Waals surface area (Å²) >= 11 is 0. The Bertz CT molecular complexity index is 831. The lowest BCUT2D eigenvalue weighted by molar-refractivity contribution is 0.242. The Morgan fingerprint density at radius 3 is 2.44 bits per heavy atom. The summed E-state index contributed by atoms with van der Waals surface area (Å²) in [5.74, 6) is 1.80. The van der Waals surface area contributed by atoms with Crippen molar-refractivity contribution in [3.05, 3.63) is 90.0 Å². The van der Waals surface area contributed by atoms with Crippen LogP contribution >= 0.6 is 0 Å². The Balaban J connectivity index is 1.57. The van der Waals surface area contributed by atoms with E-state index in [1.54, 1.807) is 0 Å². The van der Waals surface area contributed by atoms with Gasteiger partial charge in [-0.25, -0.2) is 0 Å². The number of anilines is 1. The number of ether oxygens (including phenoxy) is 2. The number of nitrogens with one attached hydrogen (secondary N) is 1. The van der Waals surface area contributed by atoms with Crippen molar-refractivity contribution in [1.82, 2.24) is 0 Å². The van der Waals surface area contributed by atoms with Gasteiger partial charge in [0.1, 0.15) is 11.5 Å². The smallest absolute Gasteiger partial charge is 0.124 e. The molecule has 3 aromatic rings.